The first-order chi connectivity index (χ1) is 16.2. The number of carbonyl (C=O) groups is 1. The van der Waals surface area contributed by atoms with Crippen molar-refractivity contribution in [3.63, 3.8) is 0 Å². The Kier molecular flexibility index (Phi) is 6.22. The lowest BCUT2D eigenvalue weighted by Crippen LogP contribution is -2.56. The van der Waals surface area contributed by atoms with Gasteiger partial charge < -0.3 is 16.0 Å². The lowest BCUT2D eigenvalue weighted by molar-refractivity contribution is -0.130. The van der Waals surface area contributed by atoms with Crippen molar-refractivity contribution in [3.8, 4) is 6.07 Å². The van der Waals surface area contributed by atoms with Crippen LogP contribution in [0.5, 0.6) is 0 Å². The van der Waals surface area contributed by atoms with Gasteiger partial charge in [0.1, 0.15) is 17.4 Å². The number of nitrogens with zero attached hydrogens (tertiary/aromatic N) is 2. The topological polar surface area (TPSA) is 89.8 Å². The fourth-order valence-corrected chi connectivity index (χ4v) is 6.10. The lowest BCUT2D eigenvalue weighted by atomic mass is 9.71. The van der Waals surface area contributed by atoms with E-state index in [1.807, 2.05) is 18.2 Å². The van der Waals surface area contributed by atoms with Crippen molar-refractivity contribution < 1.29 is 4.79 Å². The molecule has 1 unspecified atom stereocenters. The van der Waals surface area contributed by atoms with E-state index in [1.54, 1.807) is 12.3 Å². The minimum absolute atomic E-state index is 0.131. The number of hydrogen-bond acceptors (Lipinski definition) is 5. The molecule has 3 N–H and O–H groups in total. The second-order valence-electron chi connectivity index (χ2n) is 9.87. The maximum absolute atomic E-state index is 14.1. The SMILES string of the molecule is N#Cc1ccc(C2(C(C(=O)NC3CCCCC3)C3CCCCC3)Nc3ccccc3N2)cn1. The highest BCUT2D eigenvalue weighted by atomic mass is 16.2. The van der Waals surface area contributed by atoms with Crippen molar-refractivity contribution in [3.05, 3.63) is 53.9 Å². The molecule has 3 aliphatic rings. The molecule has 0 radical (unpaired) electrons. The zero-order valence-electron chi connectivity index (χ0n) is 19.1. The summed E-state index contributed by atoms with van der Waals surface area (Å²) in [7, 11) is 0. The summed E-state index contributed by atoms with van der Waals surface area (Å²) in [6.07, 6.45) is 13.2. The van der Waals surface area contributed by atoms with Gasteiger partial charge in [-0.15, -0.1) is 0 Å². The number of para-hydroxylation sites is 2. The van der Waals surface area contributed by atoms with Crippen molar-refractivity contribution in [2.45, 2.75) is 75.9 Å². The Morgan fingerprint density at radius 3 is 2.18 bits per heavy atom. The van der Waals surface area contributed by atoms with Gasteiger partial charge in [0.25, 0.3) is 0 Å². The van der Waals surface area contributed by atoms with E-state index in [9.17, 15) is 10.1 Å². The number of hydrogen-bond donors (Lipinski definition) is 3. The molecule has 2 saturated carbocycles. The average Bonchev–Trinajstić information content (AvgIpc) is 3.25. The van der Waals surface area contributed by atoms with Crippen LogP contribution < -0.4 is 16.0 Å². The minimum Gasteiger partial charge on any atom is -0.357 e. The van der Waals surface area contributed by atoms with E-state index in [1.165, 1.54) is 25.7 Å². The highest BCUT2D eigenvalue weighted by Crippen LogP contribution is 2.48. The van der Waals surface area contributed by atoms with E-state index in [0.29, 0.717) is 5.69 Å². The van der Waals surface area contributed by atoms with Gasteiger partial charge in [-0.3, -0.25) is 4.79 Å². The molecular weight excluding hydrogens is 410 g/mol. The Balaban J connectivity index is 1.56. The predicted molar refractivity (Wildman–Crippen MR) is 129 cm³/mol. The fourth-order valence-electron chi connectivity index (χ4n) is 6.10. The van der Waals surface area contributed by atoms with Crippen molar-refractivity contribution >= 4 is 17.3 Å². The third kappa shape index (κ3) is 4.29. The summed E-state index contributed by atoms with van der Waals surface area (Å²) in [6, 6.07) is 14.2. The second-order valence-corrected chi connectivity index (χ2v) is 9.87. The van der Waals surface area contributed by atoms with E-state index in [-0.39, 0.29) is 23.8 Å². The zero-order chi connectivity index (χ0) is 22.7. The van der Waals surface area contributed by atoms with Gasteiger partial charge in [-0.1, -0.05) is 56.7 Å². The van der Waals surface area contributed by atoms with E-state index in [4.69, 9.17) is 0 Å². The van der Waals surface area contributed by atoms with Crippen LogP contribution in [-0.4, -0.2) is 16.9 Å². The first-order valence-corrected chi connectivity index (χ1v) is 12.5. The van der Waals surface area contributed by atoms with Gasteiger partial charge >= 0.3 is 0 Å². The van der Waals surface area contributed by atoms with Crippen LogP contribution >= 0.6 is 0 Å². The summed E-state index contributed by atoms with van der Waals surface area (Å²) in [5.74, 6) is 0.111. The zero-order valence-corrected chi connectivity index (χ0v) is 19.1. The smallest absolute Gasteiger partial charge is 0.228 e. The standard InChI is InChI=1S/C27H33N5O/c28-17-22-16-15-20(18-29-22)27(31-23-13-7-8-14-24(23)32-27)25(19-9-3-1-4-10-19)26(33)30-21-11-5-2-6-12-21/h7-8,13-16,18-19,21,25,31-32H,1-6,9-12H2,(H,30,33). The normalized spacial score (nSPS) is 21.2. The largest absolute Gasteiger partial charge is 0.357 e. The van der Waals surface area contributed by atoms with Crippen LogP contribution in [0, 0.1) is 23.2 Å². The van der Waals surface area contributed by atoms with Crippen LogP contribution in [0.25, 0.3) is 0 Å². The first-order valence-electron chi connectivity index (χ1n) is 12.5. The van der Waals surface area contributed by atoms with Crippen LogP contribution in [0.1, 0.15) is 75.5 Å². The number of nitriles is 1. The molecular formula is C27H33N5O. The van der Waals surface area contributed by atoms with Crippen LogP contribution in [0.2, 0.25) is 0 Å². The third-order valence-electron chi connectivity index (χ3n) is 7.75. The maximum Gasteiger partial charge on any atom is 0.228 e. The molecule has 0 saturated heterocycles. The molecule has 6 nitrogen and oxygen atoms in total. The molecule has 2 aliphatic carbocycles. The molecule has 1 aliphatic heterocycles. The molecule has 1 amide bonds. The van der Waals surface area contributed by atoms with Crippen molar-refractivity contribution in [1.82, 2.24) is 10.3 Å². The molecule has 1 aromatic heterocycles. The van der Waals surface area contributed by atoms with Gasteiger partial charge in [0.15, 0.2) is 0 Å². The van der Waals surface area contributed by atoms with Crippen LogP contribution in [0.4, 0.5) is 11.4 Å². The van der Waals surface area contributed by atoms with Gasteiger partial charge in [-0.25, -0.2) is 4.98 Å². The number of anilines is 2. The summed E-state index contributed by atoms with van der Waals surface area (Å²) in [5.41, 5.74) is 2.46. The Bertz CT molecular complexity index is 991. The Hall–Kier alpha value is -3.07. The third-order valence-corrected chi connectivity index (χ3v) is 7.75. The van der Waals surface area contributed by atoms with Gasteiger partial charge in [0, 0.05) is 17.8 Å². The molecule has 1 atom stereocenters. The monoisotopic (exact) mass is 443 g/mol. The van der Waals surface area contributed by atoms with Crippen molar-refractivity contribution in [2.75, 3.05) is 10.6 Å². The van der Waals surface area contributed by atoms with Gasteiger partial charge in [-0.05, 0) is 49.8 Å². The predicted octanol–water partition coefficient (Wildman–Crippen LogP) is 5.29. The van der Waals surface area contributed by atoms with E-state index >= 15 is 0 Å². The van der Waals surface area contributed by atoms with Crippen LogP contribution in [0.15, 0.2) is 42.6 Å². The van der Waals surface area contributed by atoms with Crippen LogP contribution in [-0.2, 0) is 10.5 Å². The lowest BCUT2D eigenvalue weighted by Gasteiger charge is -2.43. The Labute approximate surface area is 196 Å². The molecule has 172 valence electrons. The maximum atomic E-state index is 14.1. The average molecular weight is 444 g/mol. The van der Waals surface area contributed by atoms with Crippen molar-refractivity contribution in [1.29, 1.82) is 5.26 Å². The number of aromatic nitrogens is 1. The van der Waals surface area contributed by atoms with Gasteiger partial charge in [0.2, 0.25) is 5.91 Å². The van der Waals surface area contributed by atoms with E-state index < -0.39 is 5.66 Å². The quantitative estimate of drug-likeness (QED) is 0.584. The molecule has 33 heavy (non-hydrogen) atoms. The minimum atomic E-state index is -0.800. The molecule has 1 aromatic carbocycles. The number of benzene rings is 1. The summed E-state index contributed by atoms with van der Waals surface area (Å²) in [6.45, 7) is 0. The number of rotatable bonds is 5. The number of amides is 1. The number of carbonyl (C=O) groups excluding carboxylic acids is 1. The number of pyridine rings is 1. The Morgan fingerprint density at radius 1 is 0.970 bits per heavy atom. The molecule has 2 fully saturated rings. The fraction of sp³-hybridized carbons (Fsp3) is 0.519. The Morgan fingerprint density at radius 2 is 1.61 bits per heavy atom. The van der Waals surface area contributed by atoms with Crippen LogP contribution in [0.3, 0.4) is 0 Å². The summed E-state index contributed by atoms with van der Waals surface area (Å²) in [5, 5.41) is 20.2. The molecule has 0 spiro atoms. The molecule has 0 bridgehead atoms. The summed E-state index contributed by atoms with van der Waals surface area (Å²) < 4.78 is 0. The molecule has 2 aromatic rings. The number of nitrogens with one attached hydrogen (secondary N) is 3. The highest BCUT2D eigenvalue weighted by Gasteiger charge is 2.52. The molecule has 6 heteroatoms. The summed E-state index contributed by atoms with van der Waals surface area (Å²) in [4.78, 5) is 18.5. The van der Waals surface area contributed by atoms with Gasteiger partial charge in [0.05, 0.1) is 17.3 Å². The first kappa shape index (κ1) is 21.8. The number of fused-ring (bicyclic) bond motifs is 1. The van der Waals surface area contributed by atoms with Crippen molar-refractivity contribution in [2.24, 2.45) is 11.8 Å². The summed E-state index contributed by atoms with van der Waals surface area (Å²) >= 11 is 0. The second kappa shape index (κ2) is 9.43. The highest BCUT2D eigenvalue weighted by molar-refractivity contribution is 5.86. The van der Waals surface area contributed by atoms with E-state index in [2.05, 4.69) is 39.1 Å². The van der Waals surface area contributed by atoms with Gasteiger partial charge in [-0.2, -0.15) is 5.26 Å². The molecule has 5 rings (SSSR count). The molecule has 2 heterocycles. The van der Waals surface area contributed by atoms with E-state index in [0.717, 1.165) is 55.5 Å².